The van der Waals surface area contributed by atoms with Crippen molar-refractivity contribution in [1.29, 1.82) is 0 Å². The van der Waals surface area contributed by atoms with Gasteiger partial charge in [-0.2, -0.15) is 0 Å². The second kappa shape index (κ2) is 11.8. The molecule has 2 fully saturated rings. The molecule has 3 aliphatic heterocycles. The number of aromatic nitrogens is 2. The standard InChI is InChI=1S/C35H39BrN4O6Si/c1-21-32(47(2,3)45)30(18-31(42)38-15-7-10-25(38)20-41)46-35(21)27-17-23(36)13-14-29(27)39(34(35)44)19-22-8-6-9-24(16-22)40-33(43)26-11-4-5-12-28(26)37-40/h4-6,8-9,11-14,16-17,21,25,30,32,37,41,45H,7,10,15,18-20H2,1-3H3/t21-,25-,30+,32-,35+/m0/s1. The zero-order valence-corrected chi connectivity index (χ0v) is 29.2. The van der Waals surface area contributed by atoms with Crippen LogP contribution in [0.3, 0.4) is 0 Å². The minimum atomic E-state index is -2.96. The summed E-state index contributed by atoms with van der Waals surface area (Å²) in [6.07, 6.45) is 0.944. The lowest BCUT2D eigenvalue weighted by molar-refractivity contribution is -0.150. The molecule has 3 N–H and O–H groups in total. The molecule has 0 bridgehead atoms. The average molecular weight is 720 g/mol. The van der Waals surface area contributed by atoms with E-state index >= 15 is 0 Å². The second-order valence-corrected chi connectivity index (χ2v) is 18.5. The van der Waals surface area contributed by atoms with Crippen molar-refractivity contribution in [2.45, 2.75) is 69.1 Å². The highest BCUT2D eigenvalue weighted by Gasteiger charge is 2.66. The number of carbonyl (C=O) groups is 2. The van der Waals surface area contributed by atoms with Crippen molar-refractivity contribution in [3.05, 3.63) is 92.7 Å². The van der Waals surface area contributed by atoms with Crippen LogP contribution in [0.15, 0.2) is 76.0 Å². The van der Waals surface area contributed by atoms with Gasteiger partial charge in [-0.3, -0.25) is 19.5 Å². The monoisotopic (exact) mass is 718 g/mol. The fraction of sp³-hybridized carbons (Fsp3) is 0.400. The molecule has 4 heterocycles. The number of rotatable bonds is 7. The number of aromatic amines is 1. The lowest BCUT2D eigenvalue weighted by Gasteiger charge is -2.32. The molecule has 3 aromatic carbocycles. The number of fused-ring (bicyclic) bond motifs is 3. The third-order valence-corrected chi connectivity index (χ3v) is 13.3. The quantitative estimate of drug-likeness (QED) is 0.236. The number of nitrogens with one attached hydrogen (secondary N) is 1. The number of likely N-dealkylation sites (tertiary alicyclic amines) is 1. The van der Waals surface area contributed by atoms with Crippen LogP contribution in [0.4, 0.5) is 5.69 Å². The molecule has 2 amide bonds. The zero-order valence-electron chi connectivity index (χ0n) is 26.6. The van der Waals surface area contributed by atoms with E-state index in [0.29, 0.717) is 28.9 Å². The summed E-state index contributed by atoms with van der Waals surface area (Å²) in [5.41, 5.74) is 1.69. The first-order valence-electron chi connectivity index (χ1n) is 16.2. The van der Waals surface area contributed by atoms with Gasteiger partial charge >= 0.3 is 0 Å². The topological polar surface area (TPSA) is 128 Å². The summed E-state index contributed by atoms with van der Waals surface area (Å²) in [5.74, 6) is -0.778. The number of carbonyl (C=O) groups excluding carboxylic acids is 2. The molecular weight excluding hydrogens is 680 g/mol. The largest absolute Gasteiger partial charge is 0.432 e. The molecule has 2 saturated heterocycles. The number of nitrogens with zero attached hydrogens (tertiary/aromatic N) is 3. The number of aliphatic hydroxyl groups excluding tert-OH is 1. The number of benzene rings is 3. The average Bonchev–Trinajstić information content (AvgIpc) is 3.78. The molecule has 0 radical (unpaired) electrons. The molecule has 4 aromatic rings. The molecule has 246 valence electrons. The first-order chi connectivity index (χ1) is 22.4. The Morgan fingerprint density at radius 1 is 1.11 bits per heavy atom. The van der Waals surface area contributed by atoms with E-state index in [1.165, 1.54) is 4.68 Å². The van der Waals surface area contributed by atoms with Crippen LogP contribution in [-0.2, 0) is 26.5 Å². The Morgan fingerprint density at radius 2 is 1.89 bits per heavy atom. The van der Waals surface area contributed by atoms with Gasteiger partial charge in [0.1, 0.15) is 0 Å². The molecule has 1 aromatic heterocycles. The van der Waals surface area contributed by atoms with Crippen molar-refractivity contribution >= 4 is 52.7 Å². The fourth-order valence-corrected chi connectivity index (χ4v) is 11.2. The number of hydrogen-bond donors (Lipinski definition) is 3. The number of aliphatic hydroxyl groups is 1. The summed E-state index contributed by atoms with van der Waals surface area (Å²) < 4.78 is 9.17. The molecule has 3 aliphatic rings. The van der Waals surface area contributed by atoms with E-state index in [2.05, 4.69) is 21.0 Å². The maximum Gasteiger partial charge on any atom is 0.279 e. The van der Waals surface area contributed by atoms with Crippen molar-refractivity contribution < 1.29 is 24.2 Å². The molecule has 12 heteroatoms. The Morgan fingerprint density at radius 3 is 2.64 bits per heavy atom. The molecular formula is C35H39BrN4O6Si. The van der Waals surface area contributed by atoms with Crippen LogP contribution in [0, 0.1) is 5.92 Å². The van der Waals surface area contributed by atoms with Crippen molar-refractivity contribution in [2.24, 2.45) is 5.92 Å². The number of H-pyrrole nitrogens is 1. The highest BCUT2D eigenvalue weighted by molar-refractivity contribution is 9.10. The van der Waals surface area contributed by atoms with Crippen LogP contribution in [-0.4, -0.2) is 70.0 Å². The van der Waals surface area contributed by atoms with Gasteiger partial charge in [0, 0.05) is 28.0 Å². The first kappa shape index (κ1) is 32.0. The molecule has 10 nitrogen and oxygen atoms in total. The third-order valence-electron chi connectivity index (χ3n) is 10.3. The maximum absolute atomic E-state index is 14.8. The number of anilines is 1. The Hall–Kier alpha value is -3.55. The summed E-state index contributed by atoms with van der Waals surface area (Å²) in [7, 11) is -2.96. The minimum Gasteiger partial charge on any atom is -0.432 e. The Bertz CT molecular complexity index is 1940. The van der Waals surface area contributed by atoms with Crippen molar-refractivity contribution in [1.82, 2.24) is 14.7 Å². The van der Waals surface area contributed by atoms with E-state index in [0.717, 1.165) is 28.4 Å². The lowest BCUT2D eigenvalue weighted by Crippen LogP contribution is -2.46. The predicted octanol–water partition coefficient (Wildman–Crippen LogP) is 4.80. The fourth-order valence-electron chi connectivity index (χ4n) is 8.27. The number of ether oxygens (including phenoxy) is 1. The molecule has 0 unspecified atom stereocenters. The van der Waals surface area contributed by atoms with Gasteiger partial charge in [-0.15, -0.1) is 0 Å². The van der Waals surface area contributed by atoms with Crippen LogP contribution in [0.5, 0.6) is 0 Å². The normalized spacial score (nSPS) is 25.8. The number of hydrogen-bond acceptors (Lipinski definition) is 6. The Labute approximate surface area is 282 Å². The molecule has 0 saturated carbocycles. The molecule has 47 heavy (non-hydrogen) atoms. The summed E-state index contributed by atoms with van der Waals surface area (Å²) >= 11 is 3.60. The highest BCUT2D eigenvalue weighted by Crippen LogP contribution is 2.60. The van der Waals surface area contributed by atoms with E-state index in [1.54, 1.807) is 15.9 Å². The van der Waals surface area contributed by atoms with Gasteiger partial charge in [-0.25, -0.2) is 4.68 Å². The van der Waals surface area contributed by atoms with Gasteiger partial charge < -0.3 is 24.4 Å². The minimum absolute atomic E-state index is 0.0299. The molecule has 5 atom stereocenters. The molecule has 1 spiro atoms. The van der Waals surface area contributed by atoms with E-state index in [9.17, 15) is 24.3 Å². The first-order valence-corrected chi connectivity index (χ1v) is 20.0. The van der Waals surface area contributed by atoms with Crippen molar-refractivity contribution in [3.63, 3.8) is 0 Å². The van der Waals surface area contributed by atoms with Gasteiger partial charge in [0.15, 0.2) is 13.9 Å². The number of halogens is 1. The Kier molecular flexibility index (Phi) is 8.07. The van der Waals surface area contributed by atoms with Crippen LogP contribution < -0.4 is 10.5 Å². The van der Waals surface area contributed by atoms with Gasteiger partial charge in [0.25, 0.3) is 11.5 Å². The summed E-state index contributed by atoms with van der Waals surface area (Å²) in [6.45, 7) is 6.37. The van der Waals surface area contributed by atoms with Gasteiger partial charge in [0.2, 0.25) is 5.91 Å². The van der Waals surface area contributed by atoms with Gasteiger partial charge in [0.05, 0.1) is 54.0 Å². The predicted molar refractivity (Wildman–Crippen MR) is 185 cm³/mol. The Balaban J connectivity index is 1.24. The highest BCUT2D eigenvalue weighted by atomic mass is 79.9. The van der Waals surface area contributed by atoms with Gasteiger partial charge in [-0.05, 0) is 74.0 Å². The van der Waals surface area contributed by atoms with Crippen LogP contribution in [0.25, 0.3) is 16.6 Å². The maximum atomic E-state index is 14.8. The smallest absolute Gasteiger partial charge is 0.279 e. The van der Waals surface area contributed by atoms with E-state index < -0.39 is 31.5 Å². The SMILES string of the molecule is C[C@H]1[C@H]([Si](C)(C)O)[C@@H](CC(=O)N2CCC[C@H]2CO)O[C@]12C(=O)N(Cc1cccc(-n3[nH]c4ccccc4c3=O)c1)c1ccc(Br)cc12. The van der Waals surface area contributed by atoms with Crippen molar-refractivity contribution in [2.75, 3.05) is 18.1 Å². The summed E-state index contributed by atoms with van der Waals surface area (Å²) in [5, 5.41) is 13.6. The second-order valence-electron chi connectivity index (χ2n) is 13.7. The summed E-state index contributed by atoms with van der Waals surface area (Å²) in [4.78, 5) is 56.7. The third kappa shape index (κ3) is 5.21. The van der Waals surface area contributed by atoms with E-state index in [4.69, 9.17) is 4.74 Å². The van der Waals surface area contributed by atoms with Crippen LogP contribution in [0.2, 0.25) is 18.6 Å². The lowest BCUT2D eigenvalue weighted by atomic mass is 9.82. The zero-order chi connectivity index (χ0) is 33.2. The van der Waals surface area contributed by atoms with E-state index in [1.807, 2.05) is 80.7 Å². The van der Waals surface area contributed by atoms with Crippen molar-refractivity contribution in [3.8, 4) is 5.69 Å². The van der Waals surface area contributed by atoms with E-state index in [-0.39, 0.29) is 43.0 Å². The molecule has 0 aliphatic carbocycles. The van der Waals surface area contributed by atoms with Gasteiger partial charge in [-0.1, -0.05) is 47.1 Å². The molecule has 7 rings (SSSR count). The number of amides is 2. The van der Waals surface area contributed by atoms with Crippen LogP contribution >= 0.6 is 15.9 Å². The van der Waals surface area contributed by atoms with Crippen LogP contribution in [0.1, 0.15) is 37.3 Å². The summed E-state index contributed by atoms with van der Waals surface area (Å²) in [6, 6.07) is 20.4. The number of para-hydroxylation sites is 1.